The van der Waals surface area contributed by atoms with Gasteiger partial charge in [0.05, 0.1) is 8.95 Å². The van der Waals surface area contributed by atoms with Crippen molar-refractivity contribution in [3.63, 3.8) is 0 Å². The van der Waals surface area contributed by atoms with Gasteiger partial charge >= 0.3 is 0 Å². The lowest BCUT2D eigenvalue weighted by atomic mass is 10.1. The number of amides is 2. The molecule has 0 unspecified atom stereocenters. The zero-order valence-corrected chi connectivity index (χ0v) is 22.4. The van der Waals surface area contributed by atoms with E-state index in [0.717, 1.165) is 16.7 Å². The van der Waals surface area contributed by atoms with Gasteiger partial charge in [-0.3, -0.25) is 9.59 Å². The number of rotatable bonds is 8. The SMILES string of the molecule is Cc1ccc(NC(=O)COc2c(Br)cc(/C=C(\C#N)C(=O)NCc3ccccc3)cc2Br)cc1C. The quantitative estimate of drug-likeness (QED) is 0.244. The van der Waals surface area contributed by atoms with Gasteiger partial charge in [-0.2, -0.15) is 5.26 Å². The Morgan fingerprint density at radius 1 is 1.00 bits per heavy atom. The molecule has 0 saturated carbocycles. The minimum atomic E-state index is -0.466. The average molecular weight is 597 g/mol. The van der Waals surface area contributed by atoms with Crippen molar-refractivity contribution in [3.8, 4) is 11.8 Å². The number of carbonyl (C=O) groups excluding carboxylic acids is 2. The Kier molecular flexibility index (Phi) is 9.24. The molecule has 35 heavy (non-hydrogen) atoms. The van der Waals surface area contributed by atoms with Crippen molar-refractivity contribution in [2.45, 2.75) is 20.4 Å². The van der Waals surface area contributed by atoms with E-state index in [0.29, 0.717) is 32.5 Å². The van der Waals surface area contributed by atoms with E-state index in [-0.39, 0.29) is 18.1 Å². The normalized spacial score (nSPS) is 10.9. The van der Waals surface area contributed by atoms with Crippen LogP contribution < -0.4 is 15.4 Å². The van der Waals surface area contributed by atoms with Crippen LogP contribution in [0.3, 0.4) is 0 Å². The van der Waals surface area contributed by atoms with Crippen LogP contribution in [0.15, 0.2) is 75.2 Å². The van der Waals surface area contributed by atoms with E-state index in [1.54, 1.807) is 12.1 Å². The van der Waals surface area contributed by atoms with Crippen LogP contribution in [-0.4, -0.2) is 18.4 Å². The third-order valence-corrected chi connectivity index (χ3v) is 6.31. The summed E-state index contributed by atoms with van der Waals surface area (Å²) in [6.07, 6.45) is 1.49. The van der Waals surface area contributed by atoms with Crippen molar-refractivity contribution in [1.29, 1.82) is 5.26 Å². The summed E-state index contributed by atoms with van der Waals surface area (Å²) < 4.78 is 6.84. The summed E-state index contributed by atoms with van der Waals surface area (Å²) >= 11 is 6.89. The molecule has 0 heterocycles. The van der Waals surface area contributed by atoms with Crippen molar-refractivity contribution < 1.29 is 14.3 Å². The number of nitrogens with zero attached hydrogens (tertiary/aromatic N) is 1. The first-order chi connectivity index (χ1) is 16.8. The first kappa shape index (κ1) is 26.2. The fraction of sp³-hybridized carbons (Fsp3) is 0.148. The Hall–Kier alpha value is -3.41. The van der Waals surface area contributed by atoms with Crippen LogP contribution in [0.1, 0.15) is 22.3 Å². The molecule has 0 aliphatic heterocycles. The first-order valence-corrected chi connectivity index (χ1v) is 12.3. The molecule has 3 rings (SSSR count). The third kappa shape index (κ3) is 7.54. The van der Waals surface area contributed by atoms with Crippen molar-refractivity contribution in [1.82, 2.24) is 5.32 Å². The van der Waals surface area contributed by atoms with E-state index in [9.17, 15) is 14.9 Å². The molecule has 0 spiro atoms. The second-order valence-electron chi connectivity index (χ2n) is 7.79. The van der Waals surface area contributed by atoms with E-state index < -0.39 is 5.91 Å². The molecule has 0 aliphatic rings. The molecule has 0 aliphatic carbocycles. The molecule has 0 radical (unpaired) electrons. The molecule has 6 nitrogen and oxygen atoms in total. The van der Waals surface area contributed by atoms with Gasteiger partial charge < -0.3 is 15.4 Å². The monoisotopic (exact) mass is 595 g/mol. The van der Waals surface area contributed by atoms with Gasteiger partial charge in [0.2, 0.25) is 0 Å². The highest BCUT2D eigenvalue weighted by molar-refractivity contribution is 9.11. The van der Waals surface area contributed by atoms with Gasteiger partial charge in [-0.15, -0.1) is 0 Å². The maximum absolute atomic E-state index is 12.5. The smallest absolute Gasteiger partial charge is 0.262 e. The van der Waals surface area contributed by atoms with Crippen molar-refractivity contribution in [2.75, 3.05) is 11.9 Å². The first-order valence-electron chi connectivity index (χ1n) is 10.7. The predicted octanol–water partition coefficient (Wildman–Crippen LogP) is 6.07. The lowest BCUT2D eigenvalue weighted by molar-refractivity contribution is -0.118. The van der Waals surface area contributed by atoms with Gasteiger partial charge in [-0.25, -0.2) is 0 Å². The Morgan fingerprint density at radius 3 is 2.31 bits per heavy atom. The summed E-state index contributed by atoms with van der Waals surface area (Å²) in [5, 5.41) is 15.0. The van der Waals surface area contributed by atoms with Crippen LogP contribution in [0, 0.1) is 25.2 Å². The van der Waals surface area contributed by atoms with E-state index in [1.807, 2.05) is 68.4 Å². The van der Waals surface area contributed by atoms with Crippen LogP contribution in [0.4, 0.5) is 5.69 Å². The summed E-state index contributed by atoms with van der Waals surface area (Å²) in [7, 11) is 0. The summed E-state index contributed by atoms with van der Waals surface area (Å²) in [6, 6.07) is 20.5. The molecule has 8 heteroatoms. The Morgan fingerprint density at radius 2 is 1.69 bits per heavy atom. The number of aryl methyl sites for hydroxylation is 2. The minimum absolute atomic E-state index is 0.0267. The van der Waals surface area contributed by atoms with Crippen LogP contribution >= 0.6 is 31.9 Å². The van der Waals surface area contributed by atoms with Gasteiger partial charge in [-0.05, 0) is 98.3 Å². The van der Waals surface area contributed by atoms with Gasteiger partial charge in [0.1, 0.15) is 17.4 Å². The van der Waals surface area contributed by atoms with Gasteiger partial charge in [0.25, 0.3) is 11.8 Å². The fourth-order valence-electron chi connectivity index (χ4n) is 3.14. The molecule has 0 fully saturated rings. The van der Waals surface area contributed by atoms with Crippen LogP contribution in [-0.2, 0) is 16.1 Å². The molecule has 2 amide bonds. The molecular formula is C27H23Br2N3O3. The Labute approximate surface area is 221 Å². The molecule has 178 valence electrons. The van der Waals surface area contributed by atoms with Gasteiger partial charge in [0, 0.05) is 12.2 Å². The van der Waals surface area contributed by atoms with Crippen molar-refractivity contribution in [3.05, 3.63) is 97.4 Å². The largest absolute Gasteiger partial charge is 0.481 e. The lowest BCUT2D eigenvalue weighted by Gasteiger charge is -2.12. The van der Waals surface area contributed by atoms with E-state index >= 15 is 0 Å². The number of nitrogens with one attached hydrogen (secondary N) is 2. The maximum atomic E-state index is 12.5. The Bertz CT molecular complexity index is 1290. The second kappa shape index (κ2) is 12.3. The number of carbonyl (C=O) groups is 2. The van der Waals surface area contributed by atoms with E-state index in [2.05, 4.69) is 42.5 Å². The molecule has 0 atom stereocenters. The summed E-state index contributed by atoms with van der Waals surface area (Å²) in [5.41, 5.74) is 4.46. The molecule has 3 aromatic carbocycles. The highest BCUT2D eigenvalue weighted by Gasteiger charge is 2.14. The number of ether oxygens (including phenoxy) is 1. The van der Waals surface area contributed by atoms with Gasteiger partial charge in [-0.1, -0.05) is 36.4 Å². The number of nitriles is 1. The topological polar surface area (TPSA) is 91.2 Å². The average Bonchev–Trinajstić information content (AvgIpc) is 2.83. The molecule has 0 aromatic heterocycles. The van der Waals surface area contributed by atoms with Crippen molar-refractivity contribution >= 4 is 55.4 Å². The third-order valence-electron chi connectivity index (χ3n) is 5.13. The van der Waals surface area contributed by atoms with E-state index in [1.165, 1.54) is 6.08 Å². The fourth-order valence-corrected chi connectivity index (χ4v) is 4.59. The number of halogens is 2. The number of benzene rings is 3. The van der Waals surface area contributed by atoms with Crippen LogP contribution in [0.25, 0.3) is 6.08 Å². The summed E-state index contributed by atoms with van der Waals surface area (Å²) in [6.45, 7) is 4.12. The summed E-state index contributed by atoms with van der Waals surface area (Å²) in [5.74, 6) is -0.325. The predicted molar refractivity (Wildman–Crippen MR) is 144 cm³/mol. The standard InChI is InChI=1S/C27H23Br2N3O3/c1-17-8-9-22(10-18(17)2)32-25(33)16-35-26-23(28)12-20(13-24(26)29)11-21(14-30)27(34)31-15-19-6-4-3-5-7-19/h3-13H,15-16H2,1-2H3,(H,31,34)(H,32,33)/b21-11+. The number of hydrogen-bond acceptors (Lipinski definition) is 4. The van der Waals surface area contributed by atoms with Gasteiger partial charge in [0.15, 0.2) is 6.61 Å². The van der Waals surface area contributed by atoms with Crippen LogP contribution in [0.5, 0.6) is 5.75 Å². The number of hydrogen-bond donors (Lipinski definition) is 2. The zero-order chi connectivity index (χ0) is 25.4. The zero-order valence-electron chi connectivity index (χ0n) is 19.2. The van der Waals surface area contributed by atoms with E-state index in [4.69, 9.17) is 4.74 Å². The minimum Gasteiger partial charge on any atom is -0.481 e. The second-order valence-corrected chi connectivity index (χ2v) is 9.50. The molecular weight excluding hydrogens is 574 g/mol. The maximum Gasteiger partial charge on any atom is 0.262 e. The Balaban J connectivity index is 1.64. The number of anilines is 1. The summed E-state index contributed by atoms with van der Waals surface area (Å²) in [4.78, 5) is 24.8. The van der Waals surface area contributed by atoms with Crippen molar-refractivity contribution in [2.24, 2.45) is 0 Å². The molecule has 0 bridgehead atoms. The molecule has 2 N–H and O–H groups in total. The highest BCUT2D eigenvalue weighted by atomic mass is 79.9. The highest BCUT2D eigenvalue weighted by Crippen LogP contribution is 2.35. The lowest BCUT2D eigenvalue weighted by Crippen LogP contribution is -2.23. The molecule has 3 aromatic rings. The molecule has 0 saturated heterocycles. The van der Waals surface area contributed by atoms with Crippen LogP contribution in [0.2, 0.25) is 0 Å².